The molecule has 3 aromatic rings. The number of carbonyl (C=O) groups excluding carboxylic acids is 1. The number of nitrogens with zero attached hydrogens (tertiary/aromatic N) is 3. The first kappa shape index (κ1) is 20.6. The number of benzene rings is 1. The van der Waals surface area contributed by atoms with Crippen LogP contribution in [-0.4, -0.2) is 74.1 Å². The Kier molecular flexibility index (Phi) is 5.12. The molecular formula is C22H21N3O7. The third kappa shape index (κ3) is 3.62. The molecule has 0 radical (unpaired) electrons. The number of aliphatic carboxylic acids is 1. The van der Waals surface area contributed by atoms with Crippen LogP contribution in [-0.2, 0) is 20.8 Å². The Labute approximate surface area is 182 Å². The Balaban J connectivity index is 1.39. The number of fused-ring (bicyclic) bond motifs is 2. The second-order valence-electron chi connectivity index (χ2n) is 7.93. The zero-order chi connectivity index (χ0) is 22.4. The summed E-state index contributed by atoms with van der Waals surface area (Å²) in [6, 6.07) is 5.61. The predicted molar refractivity (Wildman–Crippen MR) is 111 cm³/mol. The first-order chi connectivity index (χ1) is 15.4. The lowest BCUT2D eigenvalue weighted by molar-refractivity contribution is -0.137. The first-order valence-corrected chi connectivity index (χ1v) is 10.2. The average Bonchev–Trinajstić information content (AvgIpc) is 3.44. The van der Waals surface area contributed by atoms with E-state index in [4.69, 9.17) is 19.3 Å². The SMILES string of the molecule is CC(=O)c1cn(CC(=O)O)c2ccc(-c3cnc(O[C@@H]4CO[C@H]5[C@@H]4OC[C@H]5O)nc3)cc12. The van der Waals surface area contributed by atoms with Crippen molar-refractivity contribution in [2.24, 2.45) is 0 Å². The monoisotopic (exact) mass is 439 g/mol. The molecule has 32 heavy (non-hydrogen) atoms. The van der Waals surface area contributed by atoms with Gasteiger partial charge < -0.3 is 29.0 Å². The van der Waals surface area contributed by atoms with Gasteiger partial charge in [0.05, 0.1) is 13.2 Å². The summed E-state index contributed by atoms with van der Waals surface area (Å²) in [6.45, 7) is 1.72. The van der Waals surface area contributed by atoms with Crippen LogP contribution in [0.5, 0.6) is 6.01 Å². The van der Waals surface area contributed by atoms with Gasteiger partial charge in [-0.1, -0.05) is 6.07 Å². The number of ether oxygens (including phenoxy) is 3. The van der Waals surface area contributed by atoms with Crippen molar-refractivity contribution in [3.05, 3.63) is 42.4 Å². The second kappa shape index (κ2) is 7.97. The Hall–Kier alpha value is -3.34. The van der Waals surface area contributed by atoms with Crippen molar-refractivity contribution in [1.29, 1.82) is 0 Å². The maximum absolute atomic E-state index is 12.1. The number of aromatic nitrogens is 3. The van der Waals surface area contributed by atoms with Gasteiger partial charge in [0.25, 0.3) is 0 Å². The molecule has 2 aromatic heterocycles. The molecule has 2 aliphatic heterocycles. The lowest BCUT2D eigenvalue weighted by atomic mass is 10.0. The third-order valence-corrected chi connectivity index (χ3v) is 5.77. The Morgan fingerprint density at radius 2 is 1.91 bits per heavy atom. The lowest BCUT2D eigenvalue weighted by Crippen LogP contribution is -2.34. The highest BCUT2D eigenvalue weighted by Gasteiger charge is 2.48. The highest BCUT2D eigenvalue weighted by Crippen LogP contribution is 2.30. The molecule has 0 saturated carbocycles. The van der Waals surface area contributed by atoms with E-state index < -0.39 is 24.3 Å². The van der Waals surface area contributed by atoms with E-state index in [-0.39, 0.29) is 37.7 Å². The standard InChI is InChI=1S/C22H21N3O7/c1-11(26)15-7-25(8-19(28)29)16-3-2-12(4-14(15)16)13-5-23-22(24-6-13)32-18-10-31-20-17(27)9-30-21(18)20/h2-7,17-18,20-21,27H,8-10H2,1H3,(H,28,29)/t17-,18-,20-,21-/m1/s1. The fourth-order valence-corrected chi connectivity index (χ4v) is 4.24. The van der Waals surface area contributed by atoms with Gasteiger partial charge in [0, 0.05) is 40.6 Å². The minimum absolute atomic E-state index is 0.146. The van der Waals surface area contributed by atoms with Crippen LogP contribution in [0.2, 0.25) is 0 Å². The molecule has 2 fully saturated rings. The van der Waals surface area contributed by atoms with Gasteiger partial charge >= 0.3 is 12.0 Å². The first-order valence-electron chi connectivity index (χ1n) is 10.2. The molecule has 5 rings (SSSR count). The summed E-state index contributed by atoms with van der Waals surface area (Å²) in [5, 5.41) is 19.6. The summed E-state index contributed by atoms with van der Waals surface area (Å²) in [6.07, 6.45) is 3.00. The fourth-order valence-electron chi connectivity index (χ4n) is 4.24. The van der Waals surface area contributed by atoms with Gasteiger partial charge in [-0.2, -0.15) is 0 Å². The molecule has 0 aliphatic carbocycles. The van der Waals surface area contributed by atoms with Crippen molar-refractivity contribution in [2.45, 2.75) is 37.9 Å². The van der Waals surface area contributed by atoms with E-state index in [1.54, 1.807) is 29.2 Å². The number of carboxylic acids is 1. The van der Waals surface area contributed by atoms with Crippen molar-refractivity contribution in [1.82, 2.24) is 14.5 Å². The van der Waals surface area contributed by atoms with Crippen LogP contribution in [0.15, 0.2) is 36.8 Å². The molecule has 2 saturated heterocycles. The number of rotatable bonds is 6. The van der Waals surface area contributed by atoms with E-state index in [0.717, 1.165) is 5.56 Å². The molecule has 0 spiro atoms. The number of aliphatic hydroxyl groups is 1. The van der Waals surface area contributed by atoms with E-state index in [2.05, 4.69) is 9.97 Å². The summed E-state index contributed by atoms with van der Waals surface area (Å²) >= 11 is 0. The molecule has 166 valence electrons. The number of ketones is 1. The molecule has 1 aromatic carbocycles. The summed E-state index contributed by atoms with van der Waals surface area (Å²) in [7, 11) is 0. The predicted octanol–water partition coefficient (Wildman–Crippen LogP) is 1.29. The number of aliphatic hydroxyl groups excluding tert-OH is 1. The molecule has 4 atom stereocenters. The number of carboxylic acid groups (broad SMARTS) is 1. The molecule has 2 N–H and O–H groups in total. The smallest absolute Gasteiger partial charge is 0.323 e. The van der Waals surface area contributed by atoms with Crippen molar-refractivity contribution in [3.8, 4) is 17.1 Å². The van der Waals surface area contributed by atoms with Gasteiger partial charge in [-0.25, -0.2) is 9.97 Å². The van der Waals surface area contributed by atoms with Crippen LogP contribution in [0.25, 0.3) is 22.0 Å². The van der Waals surface area contributed by atoms with E-state index in [1.165, 1.54) is 6.92 Å². The van der Waals surface area contributed by atoms with Crippen LogP contribution < -0.4 is 4.74 Å². The number of carbonyl (C=O) groups is 2. The van der Waals surface area contributed by atoms with Crippen molar-refractivity contribution >= 4 is 22.7 Å². The Morgan fingerprint density at radius 3 is 2.62 bits per heavy atom. The van der Waals surface area contributed by atoms with Gasteiger partial charge in [-0.15, -0.1) is 0 Å². The van der Waals surface area contributed by atoms with Gasteiger partial charge in [0.15, 0.2) is 11.9 Å². The molecular weight excluding hydrogens is 418 g/mol. The average molecular weight is 439 g/mol. The largest absolute Gasteiger partial charge is 0.480 e. The van der Waals surface area contributed by atoms with E-state index in [1.807, 2.05) is 12.1 Å². The fraction of sp³-hybridized carbons (Fsp3) is 0.364. The minimum Gasteiger partial charge on any atom is -0.480 e. The molecule has 2 aliphatic rings. The third-order valence-electron chi connectivity index (χ3n) is 5.77. The lowest BCUT2D eigenvalue weighted by Gasteiger charge is -2.16. The quantitative estimate of drug-likeness (QED) is 0.545. The summed E-state index contributed by atoms with van der Waals surface area (Å²) in [5.74, 6) is -1.13. The van der Waals surface area contributed by atoms with Crippen LogP contribution in [0.1, 0.15) is 17.3 Å². The molecule has 4 heterocycles. The minimum atomic E-state index is -0.985. The van der Waals surface area contributed by atoms with E-state index >= 15 is 0 Å². The molecule has 10 nitrogen and oxygen atoms in total. The van der Waals surface area contributed by atoms with Crippen LogP contribution in [0.3, 0.4) is 0 Å². The maximum atomic E-state index is 12.1. The number of Topliss-reactive ketones (excluding diaryl/α,β-unsaturated/α-hetero) is 1. The maximum Gasteiger partial charge on any atom is 0.323 e. The molecule has 0 amide bonds. The number of hydrogen-bond donors (Lipinski definition) is 2. The van der Waals surface area contributed by atoms with Crippen LogP contribution in [0, 0.1) is 0 Å². The van der Waals surface area contributed by atoms with Gasteiger partial charge in [-0.3, -0.25) is 9.59 Å². The Bertz CT molecular complexity index is 1190. The van der Waals surface area contributed by atoms with Crippen molar-refractivity contribution in [2.75, 3.05) is 13.2 Å². The summed E-state index contributed by atoms with van der Waals surface area (Å²) < 4.78 is 18.4. The summed E-state index contributed by atoms with van der Waals surface area (Å²) in [5.41, 5.74) is 2.62. The second-order valence-corrected chi connectivity index (χ2v) is 7.93. The molecule has 0 unspecified atom stereocenters. The topological polar surface area (TPSA) is 133 Å². The highest BCUT2D eigenvalue weighted by molar-refractivity contribution is 6.08. The van der Waals surface area contributed by atoms with E-state index in [0.29, 0.717) is 22.0 Å². The number of hydrogen-bond acceptors (Lipinski definition) is 8. The van der Waals surface area contributed by atoms with Crippen molar-refractivity contribution in [3.63, 3.8) is 0 Å². The van der Waals surface area contributed by atoms with Crippen LogP contribution >= 0.6 is 0 Å². The normalized spacial score (nSPS) is 24.6. The van der Waals surface area contributed by atoms with Gasteiger partial charge in [0.2, 0.25) is 0 Å². The van der Waals surface area contributed by atoms with E-state index in [9.17, 15) is 14.7 Å². The highest BCUT2D eigenvalue weighted by atomic mass is 16.6. The van der Waals surface area contributed by atoms with Gasteiger partial charge in [-0.05, 0) is 24.6 Å². The van der Waals surface area contributed by atoms with Gasteiger partial charge in [0.1, 0.15) is 24.9 Å². The molecule has 0 bridgehead atoms. The molecule has 10 heteroatoms. The summed E-state index contributed by atoms with van der Waals surface area (Å²) in [4.78, 5) is 31.8. The Morgan fingerprint density at radius 1 is 1.16 bits per heavy atom. The zero-order valence-corrected chi connectivity index (χ0v) is 17.2. The van der Waals surface area contributed by atoms with Crippen LogP contribution in [0.4, 0.5) is 0 Å². The zero-order valence-electron chi connectivity index (χ0n) is 17.2. The van der Waals surface area contributed by atoms with Crippen molar-refractivity contribution < 1.29 is 34.0 Å².